The van der Waals surface area contributed by atoms with Crippen molar-refractivity contribution in [3.63, 3.8) is 0 Å². The van der Waals surface area contributed by atoms with Gasteiger partial charge in [-0.2, -0.15) is 0 Å². The summed E-state index contributed by atoms with van der Waals surface area (Å²) >= 11 is 0. The van der Waals surface area contributed by atoms with E-state index in [2.05, 4.69) is 5.32 Å². The maximum Gasteiger partial charge on any atom is 0.312 e. The summed E-state index contributed by atoms with van der Waals surface area (Å²) in [6.07, 6.45) is 13.4. The van der Waals surface area contributed by atoms with Crippen molar-refractivity contribution in [3.8, 4) is 0 Å². The van der Waals surface area contributed by atoms with E-state index in [0.717, 1.165) is 25.7 Å². The lowest BCUT2D eigenvalue weighted by Crippen LogP contribution is -2.53. The van der Waals surface area contributed by atoms with Gasteiger partial charge in [-0.3, -0.25) is 9.59 Å². The van der Waals surface area contributed by atoms with E-state index in [0.29, 0.717) is 6.54 Å². The lowest BCUT2D eigenvalue weighted by atomic mass is 9.98. The summed E-state index contributed by atoms with van der Waals surface area (Å²) in [5.74, 6) is -0.819. The van der Waals surface area contributed by atoms with Gasteiger partial charge in [-0.25, -0.2) is 0 Å². The highest BCUT2D eigenvalue weighted by Gasteiger charge is 2.30. The maximum absolute atomic E-state index is 12.5. The van der Waals surface area contributed by atoms with E-state index >= 15 is 0 Å². The first-order valence-corrected chi connectivity index (χ1v) is 9.98. The van der Waals surface area contributed by atoms with Gasteiger partial charge in [0.2, 0.25) is 0 Å². The number of nitrogens with one attached hydrogen (secondary N) is 1. The van der Waals surface area contributed by atoms with Crippen molar-refractivity contribution in [2.24, 2.45) is 0 Å². The Balaban J connectivity index is 2.58. The molecule has 0 aromatic rings. The molecule has 1 N–H and O–H groups in total. The molecular formula is C20H38N2O2. The number of likely N-dealkylation sites (N-methyl/N-ethyl adjacent to an activating group) is 1. The molecule has 1 fully saturated rings. The largest absolute Gasteiger partial charge is 0.345 e. The molecule has 1 aliphatic carbocycles. The fourth-order valence-corrected chi connectivity index (χ4v) is 3.60. The zero-order valence-electron chi connectivity index (χ0n) is 16.3. The Kier molecular flexibility index (Phi) is 9.38. The number of carbonyl (C=O) groups is 2. The normalized spacial score (nSPS) is 19.0. The Hall–Kier alpha value is -1.06. The van der Waals surface area contributed by atoms with E-state index in [-0.39, 0.29) is 11.6 Å². The molecule has 0 unspecified atom stereocenters. The van der Waals surface area contributed by atoms with E-state index in [1.54, 1.807) is 4.90 Å². The summed E-state index contributed by atoms with van der Waals surface area (Å²) in [7, 11) is 0. The van der Waals surface area contributed by atoms with Crippen molar-refractivity contribution < 1.29 is 9.59 Å². The monoisotopic (exact) mass is 338 g/mol. The predicted molar refractivity (Wildman–Crippen MR) is 99.9 cm³/mol. The first kappa shape index (κ1) is 21.0. The number of hydrogen-bond acceptors (Lipinski definition) is 2. The summed E-state index contributed by atoms with van der Waals surface area (Å²) in [4.78, 5) is 26.6. The van der Waals surface area contributed by atoms with Gasteiger partial charge in [0.1, 0.15) is 0 Å². The molecule has 4 heteroatoms. The molecule has 0 saturated heterocycles. The average molecular weight is 339 g/mol. The van der Waals surface area contributed by atoms with Gasteiger partial charge in [-0.15, -0.1) is 0 Å². The molecule has 2 amide bonds. The van der Waals surface area contributed by atoms with Crippen LogP contribution >= 0.6 is 0 Å². The van der Waals surface area contributed by atoms with Crippen molar-refractivity contribution in [1.29, 1.82) is 0 Å². The van der Waals surface area contributed by atoms with Crippen LogP contribution in [0.5, 0.6) is 0 Å². The molecule has 1 rings (SSSR count). The molecule has 0 spiro atoms. The number of amides is 2. The highest BCUT2D eigenvalue weighted by Crippen LogP contribution is 2.18. The van der Waals surface area contributed by atoms with Crippen LogP contribution in [0.15, 0.2) is 0 Å². The van der Waals surface area contributed by atoms with E-state index in [9.17, 15) is 9.59 Å². The van der Waals surface area contributed by atoms with Crippen molar-refractivity contribution in [1.82, 2.24) is 10.2 Å². The van der Waals surface area contributed by atoms with Crippen LogP contribution < -0.4 is 5.32 Å². The molecule has 0 radical (unpaired) electrons. The Morgan fingerprint density at radius 1 is 0.875 bits per heavy atom. The molecule has 0 bridgehead atoms. The maximum atomic E-state index is 12.5. The predicted octanol–water partition coefficient (Wildman–Crippen LogP) is 4.42. The Bertz CT molecular complexity index is 376. The first-order chi connectivity index (χ1) is 11.4. The highest BCUT2D eigenvalue weighted by molar-refractivity contribution is 6.35. The Labute approximate surface area is 148 Å². The van der Waals surface area contributed by atoms with E-state index < -0.39 is 11.8 Å². The quantitative estimate of drug-likeness (QED) is 0.758. The molecule has 0 aliphatic heterocycles. The third-order valence-corrected chi connectivity index (χ3v) is 5.01. The third-order valence-electron chi connectivity index (χ3n) is 5.01. The zero-order valence-corrected chi connectivity index (χ0v) is 16.3. The van der Waals surface area contributed by atoms with Crippen LogP contribution in [0.4, 0.5) is 0 Å². The highest BCUT2D eigenvalue weighted by atomic mass is 16.2. The molecular weight excluding hydrogens is 300 g/mol. The smallest absolute Gasteiger partial charge is 0.312 e. The molecule has 24 heavy (non-hydrogen) atoms. The summed E-state index contributed by atoms with van der Waals surface area (Å²) in [5.41, 5.74) is -0.324. The topological polar surface area (TPSA) is 49.4 Å². The summed E-state index contributed by atoms with van der Waals surface area (Å²) in [5, 5.41) is 3.03. The van der Waals surface area contributed by atoms with Crippen molar-refractivity contribution in [2.75, 3.05) is 6.54 Å². The Morgan fingerprint density at radius 2 is 1.29 bits per heavy atom. The van der Waals surface area contributed by atoms with Gasteiger partial charge >= 0.3 is 11.8 Å². The standard InChI is InChI=1S/C20H38N2O2/c1-5-22(20(2,3)4)19(24)18(23)21-17-15-13-11-9-7-6-8-10-12-14-16-17/h17H,5-16H2,1-4H3,(H,21,23). The number of rotatable bonds is 2. The fraction of sp³-hybridized carbons (Fsp3) is 0.900. The minimum absolute atomic E-state index is 0.152. The number of carbonyl (C=O) groups excluding carboxylic acids is 2. The lowest BCUT2D eigenvalue weighted by molar-refractivity contribution is -0.149. The van der Waals surface area contributed by atoms with Crippen LogP contribution in [0, 0.1) is 0 Å². The van der Waals surface area contributed by atoms with Crippen LogP contribution in [-0.2, 0) is 9.59 Å². The first-order valence-electron chi connectivity index (χ1n) is 9.98. The van der Waals surface area contributed by atoms with Crippen molar-refractivity contribution in [3.05, 3.63) is 0 Å². The SMILES string of the molecule is CCN(C(=O)C(=O)NC1CCCCCCCCCCC1)C(C)(C)C. The lowest BCUT2D eigenvalue weighted by Gasteiger charge is -2.34. The van der Waals surface area contributed by atoms with Gasteiger partial charge in [0.25, 0.3) is 0 Å². The van der Waals surface area contributed by atoms with Gasteiger partial charge in [-0.05, 0) is 40.5 Å². The van der Waals surface area contributed by atoms with Gasteiger partial charge in [-0.1, -0.05) is 57.8 Å². The third kappa shape index (κ3) is 7.67. The summed E-state index contributed by atoms with van der Waals surface area (Å²) in [6, 6.07) is 0.152. The minimum atomic E-state index is -0.427. The van der Waals surface area contributed by atoms with Crippen molar-refractivity contribution in [2.45, 2.75) is 110 Å². The molecule has 4 nitrogen and oxygen atoms in total. The molecule has 0 atom stereocenters. The molecule has 0 aromatic carbocycles. The molecule has 1 saturated carbocycles. The minimum Gasteiger partial charge on any atom is -0.345 e. The van der Waals surface area contributed by atoms with Gasteiger partial charge in [0.15, 0.2) is 0 Å². The second kappa shape index (κ2) is 10.7. The zero-order chi connectivity index (χ0) is 18.0. The van der Waals surface area contributed by atoms with Gasteiger partial charge in [0, 0.05) is 18.1 Å². The summed E-state index contributed by atoms with van der Waals surface area (Å²) in [6.45, 7) is 8.39. The molecule has 140 valence electrons. The fourth-order valence-electron chi connectivity index (χ4n) is 3.60. The van der Waals surface area contributed by atoms with Crippen LogP contribution in [0.25, 0.3) is 0 Å². The van der Waals surface area contributed by atoms with Gasteiger partial charge in [0.05, 0.1) is 0 Å². The average Bonchev–Trinajstić information content (AvgIpc) is 2.49. The van der Waals surface area contributed by atoms with Crippen molar-refractivity contribution >= 4 is 11.8 Å². The van der Waals surface area contributed by atoms with Crippen LogP contribution in [0.3, 0.4) is 0 Å². The van der Waals surface area contributed by atoms with E-state index in [4.69, 9.17) is 0 Å². The Morgan fingerprint density at radius 3 is 1.67 bits per heavy atom. The van der Waals surface area contributed by atoms with Crippen LogP contribution in [-0.4, -0.2) is 34.8 Å². The number of nitrogens with zero attached hydrogens (tertiary/aromatic N) is 1. The van der Waals surface area contributed by atoms with Crippen LogP contribution in [0.2, 0.25) is 0 Å². The van der Waals surface area contributed by atoms with E-state index in [1.165, 1.54) is 44.9 Å². The number of hydrogen-bond donors (Lipinski definition) is 1. The molecule has 1 aliphatic rings. The second-order valence-corrected chi connectivity index (χ2v) is 8.15. The van der Waals surface area contributed by atoms with Crippen LogP contribution in [0.1, 0.15) is 98.3 Å². The summed E-state index contributed by atoms with van der Waals surface area (Å²) < 4.78 is 0. The molecule has 0 heterocycles. The van der Waals surface area contributed by atoms with Gasteiger partial charge < -0.3 is 10.2 Å². The second-order valence-electron chi connectivity index (χ2n) is 8.15. The van der Waals surface area contributed by atoms with E-state index in [1.807, 2.05) is 27.7 Å². The molecule has 0 aromatic heterocycles.